The van der Waals surface area contributed by atoms with Gasteiger partial charge in [0.2, 0.25) is 0 Å². The Morgan fingerprint density at radius 1 is 1.26 bits per heavy atom. The Morgan fingerprint density at radius 3 is 3.05 bits per heavy atom. The molecule has 1 unspecified atom stereocenters. The average Bonchev–Trinajstić information content (AvgIpc) is 3.17. The van der Waals surface area contributed by atoms with Gasteiger partial charge in [-0.25, -0.2) is 4.98 Å². The van der Waals surface area contributed by atoms with E-state index in [1.54, 1.807) is 0 Å². The molecule has 0 aliphatic carbocycles. The standard InChI is InChI=1S/C15H15N3S/c1-2-6-13-10(4-1)8-14(19-13)12-9-17-15(18-12)11-5-3-7-16-11/h1-2,4,6,8-9,11,16H,3,5,7H2,(H,17,18). The molecule has 3 aromatic rings. The summed E-state index contributed by atoms with van der Waals surface area (Å²) in [4.78, 5) is 9.26. The number of rotatable bonds is 2. The molecule has 1 aliphatic heterocycles. The van der Waals surface area contributed by atoms with Crippen molar-refractivity contribution in [1.29, 1.82) is 0 Å². The van der Waals surface area contributed by atoms with E-state index in [-0.39, 0.29) is 0 Å². The minimum atomic E-state index is 0.406. The number of nitrogens with zero attached hydrogens (tertiary/aromatic N) is 1. The summed E-state index contributed by atoms with van der Waals surface area (Å²) in [6, 6.07) is 11.1. The number of imidazole rings is 1. The van der Waals surface area contributed by atoms with Crippen molar-refractivity contribution in [3.8, 4) is 10.6 Å². The quantitative estimate of drug-likeness (QED) is 0.744. The number of thiophene rings is 1. The zero-order valence-corrected chi connectivity index (χ0v) is 11.3. The Kier molecular flexibility index (Phi) is 2.64. The molecular formula is C15H15N3S. The number of aromatic amines is 1. The smallest absolute Gasteiger partial charge is 0.123 e. The fourth-order valence-electron chi connectivity index (χ4n) is 2.67. The molecule has 0 radical (unpaired) electrons. The van der Waals surface area contributed by atoms with Crippen molar-refractivity contribution in [3.63, 3.8) is 0 Å². The van der Waals surface area contributed by atoms with Gasteiger partial charge in [0.25, 0.3) is 0 Å². The highest BCUT2D eigenvalue weighted by Crippen LogP contribution is 2.33. The fraction of sp³-hybridized carbons (Fsp3) is 0.267. The number of hydrogen-bond acceptors (Lipinski definition) is 3. The highest BCUT2D eigenvalue weighted by Gasteiger charge is 2.19. The third-order valence-corrected chi connectivity index (χ3v) is 4.83. The van der Waals surface area contributed by atoms with Gasteiger partial charge in [-0.15, -0.1) is 11.3 Å². The Hall–Kier alpha value is -1.65. The van der Waals surface area contributed by atoms with Crippen molar-refractivity contribution in [3.05, 3.63) is 42.4 Å². The molecule has 0 saturated carbocycles. The first-order chi connectivity index (χ1) is 9.40. The molecule has 0 amide bonds. The SMILES string of the molecule is c1ccc2sc(-c3cnc(C4CCCN4)[nH]3)cc2c1. The summed E-state index contributed by atoms with van der Waals surface area (Å²) >= 11 is 1.81. The van der Waals surface area contributed by atoms with Crippen LogP contribution in [0.5, 0.6) is 0 Å². The van der Waals surface area contributed by atoms with Crippen molar-refractivity contribution in [2.75, 3.05) is 6.54 Å². The van der Waals surface area contributed by atoms with E-state index in [1.165, 1.54) is 27.8 Å². The Morgan fingerprint density at radius 2 is 2.21 bits per heavy atom. The normalized spacial score (nSPS) is 19.3. The first-order valence-corrected chi connectivity index (χ1v) is 7.49. The van der Waals surface area contributed by atoms with Gasteiger partial charge >= 0.3 is 0 Å². The van der Waals surface area contributed by atoms with Crippen molar-refractivity contribution in [2.24, 2.45) is 0 Å². The molecule has 3 heterocycles. The van der Waals surface area contributed by atoms with Crippen LogP contribution in [0.1, 0.15) is 24.7 Å². The van der Waals surface area contributed by atoms with Crippen LogP contribution in [0.4, 0.5) is 0 Å². The van der Waals surface area contributed by atoms with Crippen LogP contribution in [-0.4, -0.2) is 16.5 Å². The van der Waals surface area contributed by atoms with Crippen LogP contribution in [0.3, 0.4) is 0 Å². The zero-order chi connectivity index (χ0) is 12.7. The number of fused-ring (bicyclic) bond motifs is 1. The highest BCUT2D eigenvalue weighted by atomic mass is 32.1. The molecule has 1 saturated heterocycles. The van der Waals surface area contributed by atoms with E-state index in [1.807, 2.05) is 17.5 Å². The summed E-state index contributed by atoms with van der Waals surface area (Å²) in [5.41, 5.74) is 1.13. The van der Waals surface area contributed by atoms with Gasteiger partial charge in [0, 0.05) is 4.70 Å². The second kappa shape index (κ2) is 4.47. The second-order valence-electron chi connectivity index (χ2n) is 4.98. The van der Waals surface area contributed by atoms with E-state index in [0.29, 0.717) is 6.04 Å². The molecule has 96 valence electrons. The van der Waals surface area contributed by atoms with Gasteiger partial charge in [0.15, 0.2) is 0 Å². The summed E-state index contributed by atoms with van der Waals surface area (Å²) in [6.45, 7) is 1.10. The summed E-state index contributed by atoms with van der Waals surface area (Å²) in [5, 5.41) is 4.78. The topological polar surface area (TPSA) is 40.7 Å². The average molecular weight is 269 g/mol. The molecule has 1 fully saturated rings. The molecule has 3 nitrogen and oxygen atoms in total. The lowest BCUT2D eigenvalue weighted by molar-refractivity contribution is 0.613. The van der Waals surface area contributed by atoms with E-state index in [4.69, 9.17) is 0 Å². The first kappa shape index (κ1) is 11.2. The maximum atomic E-state index is 4.53. The van der Waals surface area contributed by atoms with E-state index in [9.17, 15) is 0 Å². The van der Waals surface area contributed by atoms with Crippen molar-refractivity contribution >= 4 is 21.4 Å². The third-order valence-electron chi connectivity index (χ3n) is 3.68. The first-order valence-electron chi connectivity index (χ1n) is 6.67. The number of nitrogens with one attached hydrogen (secondary N) is 2. The lowest BCUT2D eigenvalue weighted by atomic mass is 10.2. The monoisotopic (exact) mass is 269 g/mol. The fourth-order valence-corrected chi connectivity index (χ4v) is 3.70. The molecule has 19 heavy (non-hydrogen) atoms. The largest absolute Gasteiger partial charge is 0.340 e. The van der Waals surface area contributed by atoms with Crippen LogP contribution in [0.15, 0.2) is 36.5 Å². The molecular weight excluding hydrogens is 254 g/mol. The molecule has 1 aromatic carbocycles. The van der Waals surface area contributed by atoms with Crippen molar-refractivity contribution in [1.82, 2.24) is 15.3 Å². The molecule has 1 atom stereocenters. The molecule has 4 rings (SSSR count). The Balaban J connectivity index is 1.71. The van der Waals surface area contributed by atoms with Crippen LogP contribution < -0.4 is 5.32 Å². The minimum absolute atomic E-state index is 0.406. The maximum Gasteiger partial charge on any atom is 0.123 e. The van der Waals surface area contributed by atoms with E-state index in [2.05, 4.69) is 45.6 Å². The summed E-state index contributed by atoms with van der Waals surface area (Å²) in [5.74, 6) is 1.07. The predicted molar refractivity (Wildman–Crippen MR) is 79.4 cm³/mol. The van der Waals surface area contributed by atoms with Crippen LogP contribution in [0.25, 0.3) is 20.7 Å². The lowest BCUT2D eigenvalue weighted by Crippen LogP contribution is -2.14. The predicted octanol–water partition coefficient (Wildman–Crippen LogP) is 3.72. The van der Waals surface area contributed by atoms with E-state index < -0.39 is 0 Å². The zero-order valence-electron chi connectivity index (χ0n) is 10.5. The van der Waals surface area contributed by atoms with Gasteiger partial charge in [-0.2, -0.15) is 0 Å². The maximum absolute atomic E-state index is 4.53. The van der Waals surface area contributed by atoms with Gasteiger partial charge in [-0.1, -0.05) is 18.2 Å². The molecule has 0 spiro atoms. The minimum Gasteiger partial charge on any atom is -0.340 e. The van der Waals surface area contributed by atoms with Crippen LogP contribution in [0, 0.1) is 0 Å². The summed E-state index contributed by atoms with van der Waals surface area (Å²) < 4.78 is 1.33. The summed E-state index contributed by atoms with van der Waals surface area (Å²) in [7, 11) is 0. The highest BCUT2D eigenvalue weighted by molar-refractivity contribution is 7.22. The van der Waals surface area contributed by atoms with E-state index in [0.717, 1.165) is 18.1 Å². The molecule has 2 N–H and O–H groups in total. The van der Waals surface area contributed by atoms with Gasteiger partial charge in [-0.05, 0) is 36.9 Å². The van der Waals surface area contributed by atoms with Gasteiger partial charge in [0.05, 0.1) is 22.8 Å². The molecule has 0 bridgehead atoms. The lowest BCUT2D eigenvalue weighted by Gasteiger charge is -2.04. The number of aromatic nitrogens is 2. The molecule has 2 aromatic heterocycles. The van der Waals surface area contributed by atoms with Gasteiger partial charge in [0.1, 0.15) is 5.82 Å². The van der Waals surface area contributed by atoms with E-state index >= 15 is 0 Å². The Bertz CT molecular complexity index is 674. The van der Waals surface area contributed by atoms with Crippen LogP contribution in [-0.2, 0) is 0 Å². The number of H-pyrrole nitrogens is 1. The van der Waals surface area contributed by atoms with Crippen LogP contribution in [0.2, 0.25) is 0 Å². The number of benzene rings is 1. The van der Waals surface area contributed by atoms with Gasteiger partial charge < -0.3 is 10.3 Å². The third kappa shape index (κ3) is 1.97. The second-order valence-corrected chi connectivity index (χ2v) is 6.06. The van der Waals surface area contributed by atoms with Crippen LogP contribution >= 0.6 is 11.3 Å². The number of hydrogen-bond donors (Lipinski definition) is 2. The Labute approximate surface area is 115 Å². The van der Waals surface area contributed by atoms with Gasteiger partial charge in [-0.3, -0.25) is 0 Å². The molecule has 4 heteroatoms. The van der Waals surface area contributed by atoms with Crippen molar-refractivity contribution in [2.45, 2.75) is 18.9 Å². The van der Waals surface area contributed by atoms with Crippen molar-refractivity contribution < 1.29 is 0 Å². The molecule has 1 aliphatic rings. The summed E-state index contributed by atoms with van der Waals surface area (Å²) in [6.07, 6.45) is 4.38.